The highest BCUT2D eigenvalue weighted by molar-refractivity contribution is 6.32. The first-order valence-corrected chi connectivity index (χ1v) is 6.44. The van der Waals surface area contributed by atoms with Crippen molar-refractivity contribution >= 4 is 17.3 Å². The fourth-order valence-electron chi connectivity index (χ4n) is 2.26. The van der Waals surface area contributed by atoms with Crippen molar-refractivity contribution in [2.24, 2.45) is 11.8 Å². The van der Waals surface area contributed by atoms with Crippen LogP contribution >= 0.6 is 11.6 Å². The largest absolute Gasteiger partial charge is 0.382 e. The third-order valence-corrected chi connectivity index (χ3v) is 3.89. The summed E-state index contributed by atoms with van der Waals surface area (Å²) in [6, 6.07) is 8.15. The molecule has 1 aromatic carbocycles. The lowest BCUT2D eigenvalue weighted by molar-refractivity contribution is 0.212. The fourth-order valence-corrected chi connectivity index (χ4v) is 2.48. The quantitative estimate of drug-likeness (QED) is 0.876. The normalized spacial score (nSPS) is 23.0. The third-order valence-electron chi connectivity index (χ3n) is 3.58. The maximum absolute atomic E-state index is 8.79. The van der Waals surface area contributed by atoms with Crippen molar-refractivity contribution in [1.29, 1.82) is 5.26 Å². The lowest BCUT2D eigenvalue weighted by Gasteiger charge is -2.39. The second kappa shape index (κ2) is 4.98. The van der Waals surface area contributed by atoms with Crippen LogP contribution in [0.5, 0.6) is 0 Å². The predicted octanol–water partition coefficient (Wildman–Crippen LogP) is 4.06. The molecule has 2 nitrogen and oxygen atoms in total. The van der Waals surface area contributed by atoms with E-state index in [0.29, 0.717) is 16.6 Å². The molecule has 2 rings (SSSR count). The molecule has 0 radical (unpaired) electrons. The van der Waals surface area contributed by atoms with Crippen LogP contribution in [-0.2, 0) is 0 Å². The van der Waals surface area contributed by atoms with Gasteiger partial charge in [-0.05, 0) is 42.9 Å². The maximum atomic E-state index is 8.79. The van der Waals surface area contributed by atoms with Gasteiger partial charge in [0.05, 0.1) is 10.6 Å². The van der Waals surface area contributed by atoms with Gasteiger partial charge in [-0.3, -0.25) is 0 Å². The number of nitrogens with zero attached hydrogens (tertiary/aromatic N) is 1. The zero-order valence-corrected chi connectivity index (χ0v) is 11.0. The van der Waals surface area contributed by atoms with E-state index in [1.807, 2.05) is 12.1 Å². The zero-order valence-electron chi connectivity index (χ0n) is 10.2. The van der Waals surface area contributed by atoms with Gasteiger partial charge in [0.15, 0.2) is 0 Å². The molecule has 0 atom stereocenters. The van der Waals surface area contributed by atoms with Crippen LogP contribution < -0.4 is 5.32 Å². The lowest BCUT2D eigenvalue weighted by Crippen LogP contribution is -2.37. The molecule has 0 aliphatic heterocycles. The van der Waals surface area contributed by atoms with Gasteiger partial charge in [-0.25, -0.2) is 0 Å². The Morgan fingerprint density at radius 3 is 2.65 bits per heavy atom. The van der Waals surface area contributed by atoms with Gasteiger partial charge in [0.2, 0.25) is 0 Å². The molecular weight excluding hydrogens is 232 g/mol. The number of anilines is 1. The summed E-state index contributed by atoms with van der Waals surface area (Å²) in [5.41, 5.74) is 1.55. The summed E-state index contributed by atoms with van der Waals surface area (Å²) in [6.45, 7) is 4.55. The highest BCUT2D eigenvalue weighted by Crippen LogP contribution is 2.35. The van der Waals surface area contributed by atoms with Crippen LogP contribution in [0.25, 0.3) is 0 Å². The van der Waals surface area contributed by atoms with Crippen molar-refractivity contribution < 1.29 is 0 Å². The van der Waals surface area contributed by atoms with E-state index in [-0.39, 0.29) is 0 Å². The molecule has 1 aliphatic rings. The van der Waals surface area contributed by atoms with Crippen LogP contribution in [0, 0.1) is 23.2 Å². The molecule has 3 heteroatoms. The van der Waals surface area contributed by atoms with E-state index in [0.717, 1.165) is 17.5 Å². The number of rotatable bonds is 3. The molecule has 1 aromatic rings. The van der Waals surface area contributed by atoms with Crippen molar-refractivity contribution in [2.75, 3.05) is 5.32 Å². The molecule has 1 fully saturated rings. The summed E-state index contributed by atoms with van der Waals surface area (Å²) in [4.78, 5) is 0. The topological polar surface area (TPSA) is 35.8 Å². The maximum Gasteiger partial charge on any atom is 0.101 e. The summed E-state index contributed by atoms with van der Waals surface area (Å²) < 4.78 is 0. The summed E-state index contributed by atoms with van der Waals surface area (Å²) in [5.74, 6) is 1.62. The van der Waals surface area contributed by atoms with E-state index in [4.69, 9.17) is 16.9 Å². The van der Waals surface area contributed by atoms with Crippen LogP contribution in [0.2, 0.25) is 5.02 Å². The van der Waals surface area contributed by atoms with E-state index < -0.39 is 0 Å². The number of nitriles is 1. The molecule has 0 bridgehead atoms. The Kier molecular flexibility index (Phi) is 3.59. The van der Waals surface area contributed by atoms with Crippen molar-refractivity contribution in [3.05, 3.63) is 28.8 Å². The van der Waals surface area contributed by atoms with Gasteiger partial charge >= 0.3 is 0 Å². The molecule has 1 saturated carbocycles. The molecule has 0 unspecified atom stereocenters. The minimum absolute atomic E-state index is 0.525. The summed E-state index contributed by atoms with van der Waals surface area (Å²) >= 11 is 5.99. The second-order valence-corrected chi connectivity index (χ2v) is 5.53. The Balaban J connectivity index is 1.93. The van der Waals surface area contributed by atoms with Crippen molar-refractivity contribution in [3.63, 3.8) is 0 Å². The van der Waals surface area contributed by atoms with Crippen LogP contribution in [0.15, 0.2) is 18.2 Å². The SMILES string of the molecule is CC(C)C1CC(Nc2ccc(C#N)c(Cl)c2)C1. The average molecular weight is 249 g/mol. The molecule has 0 aromatic heterocycles. The van der Waals surface area contributed by atoms with Crippen LogP contribution in [-0.4, -0.2) is 6.04 Å². The molecule has 0 saturated heterocycles. The highest BCUT2D eigenvalue weighted by atomic mass is 35.5. The predicted molar refractivity (Wildman–Crippen MR) is 71.1 cm³/mol. The van der Waals surface area contributed by atoms with Gasteiger partial charge in [0.1, 0.15) is 6.07 Å². The van der Waals surface area contributed by atoms with Gasteiger partial charge in [-0.15, -0.1) is 0 Å². The smallest absolute Gasteiger partial charge is 0.101 e. The number of benzene rings is 1. The molecule has 17 heavy (non-hydrogen) atoms. The summed E-state index contributed by atoms with van der Waals surface area (Å²) in [5, 5.41) is 12.8. The van der Waals surface area contributed by atoms with Crippen LogP contribution in [0.3, 0.4) is 0 Å². The molecular formula is C14H17ClN2. The van der Waals surface area contributed by atoms with Gasteiger partial charge in [0, 0.05) is 11.7 Å². The van der Waals surface area contributed by atoms with Crippen molar-refractivity contribution in [2.45, 2.75) is 32.7 Å². The van der Waals surface area contributed by atoms with E-state index >= 15 is 0 Å². The molecule has 0 heterocycles. The van der Waals surface area contributed by atoms with Gasteiger partial charge in [-0.2, -0.15) is 5.26 Å². The summed E-state index contributed by atoms with van der Waals surface area (Å²) in [6.07, 6.45) is 2.46. The Morgan fingerprint density at radius 2 is 2.12 bits per heavy atom. The standard InChI is InChI=1S/C14H17ClN2/c1-9(2)11-5-13(6-11)17-12-4-3-10(8-16)14(15)7-12/h3-4,7,9,11,13,17H,5-6H2,1-2H3. The Labute approximate surface area is 108 Å². The molecule has 1 aliphatic carbocycles. The molecule has 90 valence electrons. The fraction of sp³-hybridized carbons (Fsp3) is 0.500. The number of hydrogen-bond donors (Lipinski definition) is 1. The number of halogens is 1. The van der Waals surface area contributed by atoms with Crippen LogP contribution in [0.1, 0.15) is 32.3 Å². The highest BCUT2D eigenvalue weighted by Gasteiger charge is 2.30. The first-order valence-electron chi connectivity index (χ1n) is 6.06. The Hall–Kier alpha value is -1.20. The third kappa shape index (κ3) is 2.73. The first kappa shape index (κ1) is 12.3. The van der Waals surface area contributed by atoms with Crippen molar-refractivity contribution in [1.82, 2.24) is 0 Å². The first-order chi connectivity index (χ1) is 8.10. The summed E-state index contributed by atoms with van der Waals surface area (Å²) in [7, 11) is 0. The molecule has 0 amide bonds. The van der Waals surface area contributed by atoms with Crippen LogP contribution in [0.4, 0.5) is 5.69 Å². The Bertz CT molecular complexity index is 442. The lowest BCUT2D eigenvalue weighted by atomic mass is 9.73. The zero-order chi connectivity index (χ0) is 12.4. The average Bonchev–Trinajstić information content (AvgIpc) is 2.22. The number of hydrogen-bond acceptors (Lipinski definition) is 2. The monoisotopic (exact) mass is 248 g/mol. The van der Waals surface area contributed by atoms with Crippen molar-refractivity contribution in [3.8, 4) is 6.07 Å². The minimum atomic E-state index is 0.525. The molecule has 0 spiro atoms. The number of nitrogens with one attached hydrogen (secondary N) is 1. The Morgan fingerprint density at radius 1 is 1.41 bits per heavy atom. The van der Waals surface area contributed by atoms with Gasteiger partial charge in [0.25, 0.3) is 0 Å². The van der Waals surface area contributed by atoms with Gasteiger partial charge < -0.3 is 5.32 Å². The minimum Gasteiger partial charge on any atom is -0.382 e. The van der Waals surface area contributed by atoms with E-state index in [9.17, 15) is 0 Å². The van der Waals surface area contributed by atoms with E-state index in [1.54, 1.807) is 6.07 Å². The van der Waals surface area contributed by atoms with Gasteiger partial charge in [-0.1, -0.05) is 25.4 Å². The molecule has 1 N–H and O–H groups in total. The van der Waals surface area contributed by atoms with E-state index in [2.05, 4.69) is 25.2 Å². The second-order valence-electron chi connectivity index (χ2n) is 5.12. The van der Waals surface area contributed by atoms with E-state index in [1.165, 1.54) is 12.8 Å².